The Morgan fingerprint density at radius 1 is 1.43 bits per heavy atom. The topological polar surface area (TPSA) is 42.4 Å². The number of benzene rings is 1. The molecule has 2 rings (SSSR count). The van der Waals surface area contributed by atoms with Crippen LogP contribution in [0, 0.1) is 0 Å². The number of methoxy groups -OCH3 is 1. The summed E-state index contributed by atoms with van der Waals surface area (Å²) in [5.74, 6) is 0. The molecule has 0 fully saturated rings. The molecule has 0 radical (unpaired) electrons. The highest BCUT2D eigenvalue weighted by molar-refractivity contribution is 7.17. The minimum absolute atomic E-state index is 0.128. The zero-order valence-corrected chi connectivity index (χ0v) is 13.7. The fourth-order valence-electron chi connectivity index (χ4n) is 1.96. The summed E-state index contributed by atoms with van der Waals surface area (Å²) >= 11 is 7.29. The lowest BCUT2D eigenvalue weighted by Crippen LogP contribution is -2.21. The number of aldehydes is 1. The van der Waals surface area contributed by atoms with Crippen LogP contribution in [0.25, 0.3) is 0 Å². The van der Waals surface area contributed by atoms with Crippen molar-refractivity contribution in [3.8, 4) is 0 Å². The van der Waals surface area contributed by atoms with Gasteiger partial charge < -0.3 is 9.64 Å². The molecule has 0 N–H and O–H groups in total. The number of rotatable bonds is 6. The molecule has 21 heavy (non-hydrogen) atoms. The summed E-state index contributed by atoms with van der Waals surface area (Å²) in [5.41, 5.74) is 1.82. The van der Waals surface area contributed by atoms with Crippen LogP contribution in [0.1, 0.15) is 33.9 Å². The average Bonchev–Trinajstić information content (AvgIpc) is 2.90. The number of ether oxygens (including phenoxy) is 1. The van der Waals surface area contributed by atoms with Crippen LogP contribution >= 0.6 is 22.9 Å². The van der Waals surface area contributed by atoms with Gasteiger partial charge in [0.25, 0.3) is 0 Å². The van der Waals surface area contributed by atoms with Gasteiger partial charge in [-0.3, -0.25) is 4.79 Å². The van der Waals surface area contributed by atoms with E-state index in [2.05, 4.69) is 11.9 Å². The molecule has 1 heterocycles. The van der Waals surface area contributed by atoms with Crippen molar-refractivity contribution >= 4 is 34.4 Å². The van der Waals surface area contributed by atoms with E-state index in [-0.39, 0.29) is 6.04 Å². The van der Waals surface area contributed by atoms with E-state index in [4.69, 9.17) is 16.3 Å². The van der Waals surface area contributed by atoms with E-state index in [9.17, 15) is 4.79 Å². The summed E-state index contributed by atoms with van der Waals surface area (Å²) in [5, 5.41) is 1.51. The largest absolute Gasteiger partial charge is 0.378 e. The Labute approximate surface area is 133 Å². The Bertz CT molecular complexity index is 613. The third kappa shape index (κ3) is 3.61. The Kier molecular flexibility index (Phi) is 5.33. The smallest absolute Gasteiger partial charge is 0.186 e. The molecule has 0 saturated carbocycles. The molecule has 1 unspecified atom stereocenters. The number of halogens is 1. The summed E-state index contributed by atoms with van der Waals surface area (Å²) in [6.45, 7) is 2.43. The molecule has 1 atom stereocenters. The van der Waals surface area contributed by atoms with Crippen molar-refractivity contribution in [1.82, 2.24) is 4.98 Å². The first kappa shape index (κ1) is 15.9. The minimum atomic E-state index is 0.128. The number of carbonyl (C=O) groups is 1. The van der Waals surface area contributed by atoms with Crippen molar-refractivity contribution < 1.29 is 9.53 Å². The fraction of sp³-hybridized carbons (Fsp3) is 0.333. The van der Waals surface area contributed by atoms with Crippen molar-refractivity contribution in [3.63, 3.8) is 0 Å². The van der Waals surface area contributed by atoms with Gasteiger partial charge in [0, 0.05) is 19.2 Å². The van der Waals surface area contributed by atoms with Crippen LogP contribution in [0.5, 0.6) is 0 Å². The highest BCUT2D eigenvalue weighted by atomic mass is 35.5. The second-order valence-corrected chi connectivity index (χ2v) is 6.14. The molecular formula is C15H17ClN2O2S. The average molecular weight is 325 g/mol. The van der Waals surface area contributed by atoms with E-state index < -0.39 is 0 Å². The number of hydrogen-bond donors (Lipinski definition) is 0. The third-order valence-corrected chi connectivity index (χ3v) is 4.71. The highest BCUT2D eigenvalue weighted by Crippen LogP contribution is 2.31. The summed E-state index contributed by atoms with van der Waals surface area (Å²) in [6.07, 6.45) is 0.830. The lowest BCUT2D eigenvalue weighted by molar-refractivity contribution is 0.112. The first-order valence-corrected chi connectivity index (χ1v) is 7.68. The van der Waals surface area contributed by atoms with E-state index in [1.165, 1.54) is 11.3 Å². The minimum Gasteiger partial charge on any atom is -0.378 e. The summed E-state index contributed by atoms with van der Waals surface area (Å²) in [7, 11) is 3.55. The zero-order valence-electron chi connectivity index (χ0n) is 12.2. The van der Waals surface area contributed by atoms with Crippen LogP contribution in [0.3, 0.4) is 0 Å². The number of aromatic nitrogens is 1. The number of hydrogen-bond acceptors (Lipinski definition) is 5. The Hall–Kier alpha value is -1.43. The van der Waals surface area contributed by atoms with Gasteiger partial charge >= 0.3 is 0 Å². The summed E-state index contributed by atoms with van der Waals surface area (Å²) < 4.78 is 5.07. The number of nitrogens with zero attached hydrogens (tertiary/aromatic N) is 2. The second-order valence-electron chi connectivity index (χ2n) is 4.70. The molecule has 2 aromatic rings. The van der Waals surface area contributed by atoms with E-state index in [1.807, 2.05) is 36.2 Å². The Balaban J connectivity index is 2.24. The fourth-order valence-corrected chi connectivity index (χ4v) is 3.02. The molecular weight excluding hydrogens is 308 g/mol. The van der Waals surface area contributed by atoms with E-state index in [0.29, 0.717) is 22.2 Å². The van der Waals surface area contributed by atoms with Crippen molar-refractivity contribution in [2.75, 3.05) is 19.1 Å². The molecule has 0 amide bonds. The van der Waals surface area contributed by atoms with Crippen molar-refractivity contribution in [1.29, 1.82) is 0 Å². The van der Waals surface area contributed by atoms with Crippen LogP contribution in [-0.2, 0) is 11.3 Å². The van der Waals surface area contributed by atoms with E-state index >= 15 is 0 Å². The maximum absolute atomic E-state index is 11.1. The van der Waals surface area contributed by atoms with E-state index in [1.54, 1.807) is 7.11 Å². The van der Waals surface area contributed by atoms with Crippen molar-refractivity contribution in [3.05, 3.63) is 45.4 Å². The van der Waals surface area contributed by atoms with Crippen LogP contribution in [-0.4, -0.2) is 25.4 Å². The van der Waals surface area contributed by atoms with Gasteiger partial charge in [-0.15, -0.1) is 0 Å². The van der Waals surface area contributed by atoms with Gasteiger partial charge in [0.2, 0.25) is 0 Å². The van der Waals surface area contributed by atoms with Gasteiger partial charge in [0.05, 0.1) is 23.2 Å². The van der Waals surface area contributed by atoms with Crippen molar-refractivity contribution in [2.45, 2.75) is 19.6 Å². The highest BCUT2D eigenvalue weighted by Gasteiger charge is 2.18. The molecule has 0 aliphatic heterocycles. The number of anilines is 1. The van der Waals surface area contributed by atoms with Crippen LogP contribution < -0.4 is 4.90 Å². The molecule has 0 bridgehead atoms. The van der Waals surface area contributed by atoms with Gasteiger partial charge in [0.1, 0.15) is 0 Å². The van der Waals surface area contributed by atoms with Gasteiger partial charge in [-0.2, -0.15) is 0 Å². The first-order chi connectivity index (χ1) is 10.1. The first-order valence-electron chi connectivity index (χ1n) is 6.49. The molecule has 0 spiro atoms. The van der Waals surface area contributed by atoms with Crippen molar-refractivity contribution in [2.24, 2.45) is 0 Å². The zero-order chi connectivity index (χ0) is 15.4. The van der Waals surface area contributed by atoms with Gasteiger partial charge in [-0.05, 0) is 24.6 Å². The number of carbonyl (C=O) groups excluding carboxylic acids is 1. The molecule has 0 aliphatic rings. The maximum Gasteiger partial charge on any atom is 0.186 e. The third-order valence-electron chi connectivity index (χ3n) is 3.34. The number of thiazole rings is 1. The molecule has 4 nitrogen and oxygen atoms in total. The van der Waals surface area contributed by atoms with Gasteiger partial charge in [-0.1, -0.05) is 35.1 Å². The normalized spacial score (nSPS) is 12.2. The Morgan fingerprint density at radius 3 is 2.67 bits per heavy atom. The predicted octanol–water partition coefficient (Wildman–Crippen LogP) is 3.95. The lowest BCUT2D eigenvalue weighted by atomic mass is 10.1. The van der Waals surface area contributed by atoms with Crippen LogP contribution in [0.15, 0.2) is 24.3 Å². The summed E-state index contributed by atoms with van der Waals surface area (Å²) in [4.78, 5) is 18.2. The van der Waals surface area contributed by atoms with E-state index in [0.717, 1.165) is 17.0 Å². The van der Waals surface area contributed by atoms with Crippen LogP contribution in [0.4, 0.5) is 5.13 Å². The quantitative estimate of drug-likeness (QED) is 0.754. The van der Waals surface area contributed by atoms with Gasteiger partial charge in [0.15, 0.2) is 11.4 Å². The molecule has 6 heteroatoms. The standard InChI is InChI=1S/C15H17ClN2O2S/c1-10(11-4-6-12(16)7-5-11)18(2)15-17-13(9-20-3)14(8-19)21-15/h4-8,10H,9H2,1-3H3. The van der Waals surface area contributed by atoms with Gasteiger partial charge in [-0.25, -0.2) is 4.98 Å². The lowest BCUT2D eigenvalue weighted by Gasteiger charge is -2.24. The second kappa shape index (κ2) is 7.02. The Morgan fingerprint density at radius 2 is 2.10 bits per heavy atom. The molecule has 0 aliphatic carbocycles. The monoisotopic (exact) mass is 324 g/mol. The molecule has 1 aromatic carbocycles. The molecule has 112 valence electrons. The SMILES string of the molecule is COCc1nc(N(C)C(C)c2ccc(Cl)cc2)sc1C=O. The molecule has 0 saturated heterocycles. The predicted molar refractivity (Wildman–Crippen MR) is 86.5 cm³/mol. The maximum atomic E-state index is 11.1. The molecule has 1 aromatic heterocycles. The summed E-state index contributed by atoms with van der Waals surface area (Å²) in [6, 6.07) is 7.86. The van der Waals surface area contributed by atoms with Crippen LogP contribution in [0.2, 0.25) is 5.02 Å².